The number of carboxylic acid groups (broad SMARTS) is 1. The number of nitrogens with zero attached hydrogens (tertiary/aromatic N) is 3. The van der Waals surface area contributed by atoms with Gasteiger partial charge in [-0.25, -0.2) is 8.42 Å². The van der Waals surface area contributed by atoms with Gasteiger partial charge in [-0.15, -0.1) is 4.41 Å². The quantitative estimate of drug-likeness (QED) is 0.418. The van der Waals surface area contributed by atoms with Crippen molar-refractivity contribution in [3.8, 4) is 5.75 Å². The van der Waals surface area contributed by atoms with Crippen molar-refractivity contribution < 1.29 is 27.9 Å². The normalized spacial score (nSPS) is 13.5. The molecule has 0 saturated carbocycles. The van der Waals surface area contributed by atoms with Crippen LogP contribution in [0.1, 0.15) is 30.1 Å². The van der Waals surface area contributed by atoms with E-state index in [4.69, 9.17) is 4.74 Å². The van der Waals surface area contributed by atoms with E-state index < -0.39 is 28.3 Å². The molecule has 2 aromatic carbocycles. The second-order valence-corrected chi connectivity index (χ2v) is 9.52. The first-order valence-corrected chi connectivity index (χ1v) is 12.6. The fraction of sp³-hybridized carbons (Fsp3) is 0.348. The fourth-order valence-electron chi connectivity index (χ4n) is 3.43. The van der Waals surface area contributed by atoms with Gasteiger partial charge in [0.05, 0.1) is 29.2 Å². The van der Waals surface area contributed by atoms with Gasteiger partial charge in [0.1, 0.15) is 5.75 Å². The molecule has 3 N–H and O–H groups in total. The average Bonchev–Trinajstić information content (AvgIpc) is 2.86. The number of hydrazine groups is 1. The lowest BCUT2D eigenvalue weighted by Crippen LogP contribution is -2.48. The molecular formula is C23H29N5O6S. The number of anilines is 1. The monoisotopic (exact) mass is 503 g/mol. The summed E-state index contributed by atoms with van der Waals surface area (Å²) in [5.74, 6) is -1.05. The molecule has 1 aliphatic rings. The summed E-state index contributed by atoms with van der Waals surface area (Å²) in [6.45, 7) is 3.08. The maximum atomic E-state index is 13.8. The highest BCUT2D eigenvalue weighted by atomic mass is 32.2. The standard InChI is InChI=1S/C23H29N5O6S/c1-3-34-19-12-7-11-18(21(19)26-23-24-14-8-15-25-23)22(31)28(16-13-20(29)30)27(2)35(32,33)17-9-5-4-6-10-17/h4-7,9-12H,3,8,13-16H2,1-2H3,(H,29,30)(H2,24,25,26). The maximum absolute atomic E-state index is 13.8. The number of guanidine groups is 1. The van der Waals surface area contributed by atoms with Gasteiger partial charge in [0.2, 0.25) is 0 Å². The molecule has 0 saturated heterocycles. The number of amides is 1. The zero-order chi connectivity index (χ0) is 25.4. The first kappa shape index (κ1) is 26.0. The largest absolute Gasteiger partial charge is 0.492 e. The summed E-state index contributed by atoms with van der Waals surface area (Å²) < 4.78 is 33.0. The molecule has 11 nitrogen and oxygen atoms in total. The van der Waals surface area contributed by atoms with Gasteiger partial charge in [0, 0.05) is 26.7 Å². The van der Waals surface area contributed by atoms with Crippen LogP contribution < -0.4 is 15.4 Å². The van der Waals surface area contributed by atoms with Gasteiger partial charge in [-0.3, -0.25) is 19.6 Å². The second-order valence-electron chi connectivity index (χ2n) is 7.57. The topological polar surface area (TPSA) is 141 Å². The summed E-state index contributed by atoms with van der Waals surface area (Å²) in [4.78, 5) is 29.4. The average molecular weight is 504 g/mol. The van der Waals surface area contributed by atoms with Gasteiger partial charge in [0.15, 0.2) is 5.96 Å². The molecule has 0 atom stereocenters. The van der Waals surface area contributed by atoms with Crippen molar-refractivity contribution in [1.82, 2.24) is 14.7 Å². The number of carbonyl (C=O) groups excluding carboxylic acids is 1. The van der Waals surface area contributed by atoms with Gasteiger partial charge >= 0.3 is 5.97 Å². The molecule has 12 heteroatoms. The number of aliphatic carboxylic acids is 1. The third-order valence-electron chi connectivity index (χ3n) is 5.20. The van der Waals surface area contributed by atoms with Crippen LogP contribution in [0.3, 0.4) is 0 Å². The van der Waals surface area contributed by atoms with Crippen LogP contribution in [0.5, 0.6) is 5.75 Å². The number of hydrogen-bond donors (Lipinski definition) is 3. The Morgan fingerprint density at radius 2 is 1.91 bits per heavy atom. The number of carboxylic acids is 1. The minimum atomic E-state index is -4.14. The smallest absolute Gasteiger partial charge is 0.305 e. The Kier molecular flexibility index (Phi) is 8.66. The van der Waals surface area contributed by atoms with Gasteiger partial charge in [-0.05, 0) is 37.6 Å². The number of carbonyl (C=O) groups is 2. The van der Waals surface area contributed by atoms with Gasteiger partial charge < -0.3 is 20.5 Å². The van der Waals surface area contributed by atoms with Gasteiger partial charge in [0.25, 0.3) is 15.9 Å². The molecule has 2 aromatic rings. The number of hydrogen-bond acceptors (Lipinski definition) is 8. The third kappa shape index (κ3) is 6.28. The summed E-state index contributed by atoms with van der Waals surface area (Å²) in [6.07, 6.45) is 0.414. The first-order valence-electron chi connectivity index (χ1n) is 11.1. The molecule has 1 amide bonds. The van der Waals surface area contributed by atoms with Crippen LogP contribution in [0.15, 0.2) is 58.4 Å². The molecule has 0 radical (unpaired) electrons. The first-order chi connectivity index (χ1) is 16.8. The molecule has 0 aliphatic carbocycles. The Balaban J connectivity index is 2.04. The fourth-order valence-corrected chi connectivity index (χ4v) is 4.66. The van der Waals surface area contributed by atoms with Crippen molar-refractivity contribution in [2.45, 2.75) is 24.7 Å². The molecule has 1 aliphatic heterocycles. The van der Waals surface area contributed by atoms with E-state index in [0.717, 1.165) is 15.8 Å². The highest BCUT2D eigenvalue weighted by molar-refractivity contribution is 7.89. The molecule has 0 spiro atoms. The van der Waals surface area contributed by atoms with Crippen LogP contribution in [0, 0.1) is 0 Å². The van der Waals surface area contributed by atoms with E-state index in [2.05, 4.69) is 15.6 Å². The molecule has 0 unspecified atom stereocenters. The minimum Gasteiger partial charge on any atom is -0.492 e. The SMILES string of the molecule is CCOc1cccc(C(=O)N(CCC(=O)O)N(C)S(=O)(=O)c2ccccc2)c1NC1=NCCCN1. The Morgan fingerprint density at radius 1 is 1.17 bits per heavy atom. The van der Waals surface area contributed by atoms with Crippen molar-refractivity contribution in [2.24, 2.45) is 4.99 Å². The molecular weight excluding hydrogens is 474 g/mol. The van der Waals surface area contributed by atoms with E-state index in [0.29, 0.717) is 37.1 Å². The lowest BCUT2D eigenvalue weighted by molar-refractivity contribution is -0.137. The summed E-state index contributed by atoms with van der Waals surface area (Å²) in [5, 5.41) is 16.4. The predicted octanol–water partition coefficient (Wildman–Crippen LogP) is 2.00. The zero-order valence-electron chi connectivity index (χ0n) is 19.6. The highest BCUT2D eigenvalue weighted by Gasteiger charge is 2.32. The number of benzene rings is 2. The van der Waals surface area contributed by atoms with Crippen molar-refractivity contribution in [2.75, 3.05) is 38.6 Å². The van der Waals surface area contributed by atoms with Gasteiger partial charge in [-0.1, -0.05) is 24.3 Å². The molecule has 0 aromatic heterocycles. The number of aliphatic imine (C=N–C) groups is 1. The van der Waals surface area contributed by atoms with E-state index in [1.165, 1.54) is 25.2 Å². The number of rotatable bonds is 10. The third-order valence-corrected chi connectivity index (χ3v) is 6.96. The van der Waals surface area contributed by atoms with E-state index in [9.17, 15) is 23.1 Å². The van der Waals surface area contributed by atoms with Crippen LogP contribution in [0.25, 0.3) is 0 Å². The molecule has 0 bridgehead atoms. The van der Waals surface area contributed by atoms with Crippen LogP contribution in [-0.2, 0) is 14.8 Å². The molecule has 1 heterocycles. The number of para-hydroxylation sites is 1. The molecule has 3 rings (SSSR count). The number of ether oxygens (including phenoxy) is 1. The van der Waals surface area contributed by atoms with Crippen molar-refractivity contribution in [1.29, 1.82) is 0 Å². The maximum Gasteiger partial charge on any atom is 0.305 e. The summed E-state index contributed by atoms with van der Waals surface area (Å²) >= 11 is 0. The Labute approximate surface area is 204 Å². The molecule has 188 valence electrons. The van der Waals surface area contributed by atoms with Crippen LogP contribution >= 0.6 is 0 Å². The zero-order valence-corrected chi connectivity index (χ0v) is 20.4. The highest BCUT2D eigenvalue weighted by Crippen LogP contribution is 2.31. The minimum absolute atomic E-state index is 0.0298. The van der Waals surface area contributed by atoms with Crippen LogP contribution in [-0.4, -0.2) is 74.1 Å². The number of nitrogens with one attached hydrogen (secondary N) is 2. The van der Waals surface area contributed by atoms with Crippen molar-refractivity contribution in [3.63, 3.8) is 0 Å². The Bertz CT molecular complexity index is 1190. The lowest BCUT2D eigenvalue weighted by atomic mass is 10.1. The predicted molar refractivity (Wildman–Crippen MR) is 131 cm³/mol. The van der Waals surface area contributed by atoms with E-state index in [1.54, 1.807) is 37.3 Å². The second kappa shape index (κ2) is 11.7. The lowest BCUT2D eigenvalue weighted by Gasteiger charge is -2.31. The van der Waals surface area contributed by atoms with Crippen molar-refractivity contribution >= 4 is 33.5 Å². The van der Waals surface area contributed by atoms with Crippen LogP contribution in [0.4, 0.5) is 5.69 Å². The summed E-state index contributed by atoms with van der Waals surface area (Å²) in [7, 11) is -2.93. The van der Waals surface area contributed by atoms with Crippen LogP contribution in [0.2, 0.25) is 0 Å². The summed E-state index contributed by atoms with van der Waals surface area (Å²) in [5.41, 5.74) is 0.407. The number of sulfonamides is 1. The molecule has 35 heavy (non-hydrogen) atoms. The van der Waals surface area contributed by atoms with Gasteiger partial charge in [-0.2, -0.15) is 0 Å². The summed E-state index contributed by atoms with van der Waals surface area (Å²) in [6, 6.07) is 12.4. The Hall–Kier alpha value is -3.64. The van der Waals surface area contributed by atoms with E-state index in [-0.39, 0.29) is 17.0 Å². The van der Waals surface area contributed by atoms with E-state index in [1.807, 2.05) is 0 Å². The van der Waals surface area contributed by atoms with Crippen molar-refractivity contribution in [3.05, 3.63) is 54.1 Å². The van der Waals surface area contributed by atoms with E-state index >= 15 is 0 Å². The Morgan fingerprint density at radius 3 is 2.54 bits per heavy atom. The molecule has 0 fully saturated rings.